The lowest BCUT2D eigenvalue weighted by atomic mass is 10.2. The number of ether oxygens (including phenoxy) is 3. The van der Waals surface area contributed by atoms with Crippen molar-refractivity contribution in [3.8, 4) is 23.3 Å². The highest BCUT2D eigenvalue weighted by Gasteiger charge is 2.25. The Labute approximate surface area is 196 Å². The molecule has 5 rings (SSSR count). The maximum Gasteiger partial charge on any atom is 0.319 e. The van der Waals surface area contributed by atoms with Gasteiger partial charge in [0.25, 0.3) is 0 Å². The fourth-order valence-corrected chi connectivity index (χ4v) is 5.51. The second-order valence-electron chi connectivity index (χ2n) is 8.10. The van der Waals surface area contributed by atoms with Crippen molar-refractivity contribution in [2.75, 3.05) is 71.6 Å². The lowest BCUT2D eigenvalue weighted by Gasteiger charge is -2.28. The van der Waals surface area contributed by atoms with E-state index in [0.29, 0.717) is 30.5 Å². The molecule has 2 aliphatic rings. The summed E-state index contributed by atoms with van der Waals surface area (Å²) in [5, 5.41) is 3.43. The molecule has 0 radical (unpaired) electrons. The summed E-state index contributed by atoms with van der Waals surface area (Å²) in [6.07, 6.45) is 1.66. The number of thiophene rings is 1. The first-order valence-electron chi connectivity index (χ1n) is 11.2. The third-order valence-corrected chi connectivity index (χ3v) is 7.34. The zero-order chi connectivity index (χ0) is 22.8. The lowest BCUT2D eigenvalue weighted by Crippen LogP contribution is -2.42. The summed E-state index contributed by atoms with van der Waals surface area (Å²) in [5.41, 5.74) is 2.83. The summed E-state index contributed by atoms with van der Waals surface area (Å²) < 4.78 is 17.4. The number of hydrogen-bond acceptors (Lipinski definition) is 11. The van der Waals surface area contributed by atoms with Crippen LogP contribution >= 0.6 is 11.3 Å². The van der Waals surface area contributed by atoms with Crippen LogP contribution in [0, 0.1) is 6.92 Å². The average molecular weight is 472 g/mol. The molecule has 0 unspecified atom stereocenters. The molecule has 2 aliphatic heterocycles. The molecule has 0 amide bonds. The minimum atomic E-state index is 0.245. The van der Waals surface area contributed by atoms with Crippen LogP contribution in [0.25, 0.3) is 21.6 Å². The summed E-state index contributed by atoms with van der Waals surface area (Å²) in [6.45, 7) is 10.2. The van der Waals surface area contributed by atoms with Crippen molar-refractivity contribution in [2.24, 2.45) is 0 Å². The van der Waals surface area contributed by atoms with E-state index in [0.717, 1.165) is 61.8 Å². The van der Waals surface area contributed by atoms with Gasteiger partial charge in [-0.05, 0) is 12.5 Å². The Morgan fingerprint density at radius 3 is 2.58 bits per heavy atom. The molecule has 33 heavy (non-hydrogen) atoms. The molecule has 2 saturated heterocycles. The second-order valence-corrected chi connectivity index (χ2v) is 9.21. The molecule has 0 aliphatic carbocycles. The number of piperazine rings is 1. The Bertz CT molecular complexity index is 1130. The molecular formula is C22H29N7O3S. The maximum absolute atomic E-state index is 5.59. The van der Waals surface area contributed by atoms with Gasteiger partial charge in [0.1, 0.15) is 5.56 Å². The number of nitrogens with zero attached hydrogens (tertiary/aromatic N) is 6. The molecule has 5 heterocycles. The Morgan fingerprint density at radius 2 is 1.85 bits per heavy atom. The van der Waals surface area contributed by atoms with E-state index in [1.54, 1.807) is 24.6 Å². The third kappa shape index (κ3) is 4.45. The molecule has 0 atom stereocenters. The molecular weight excluding hydrogens is 442 g/mol. The predicted octanol–water partition coefficient (Wildman–Crippen LogP) is 1.72. The number of rotatable bonds is 6. The molecule has 0 bridgehead atoms. The number of aromatic nitrogens is 4. The third-order valence-electron chi connectivity index (χ3n) is 6.08. The highest BCUT2D eigenvalue weighted by Crippen LogP contribution is 2.39. The van der Waals surface area contributed by atoms with Gasteiger partial charge in [-0.15, -0.1) is 11.3 Å². The van der Waals surface area contributed by atoms with E-state index in [1.807, 2.05) is 0 Å². The van der Waals surface area contributed by atoms with Crippen molar-refractivity contribution >= 4 is 27.4 Å². The van der Waals surface area contributed by atoms with Crippen LogP contribution in [0.15, 0.2) is 6.20 Å². The Kier molecular flexibility index (Phi) is 6.54. The van der Waals surface area contributed by atoms with Gasteiger partial charge in [-0.3, -0.25) is 4.90 Å². The van der Waals surface area contributed by atoms with Crippen LogP contribution in [-0.4, -0.2) is 91.5 Å². The van der Waals surface area contributed by atoms with E-state index in [-0.39, 0.29) is 6.01 Å². The molecule has 11 heteroatoms. The smallest absolute Gasteiger partial charge is 0.319 e. The number of anilines is 1. The monoisotopic (exact) mass is 471 g/mol. The largest absolute Gasteiger partial charge is 0.480 e. The van der Waals surface area contributed by atoms with Crippen molar-refractivity contribution in [2.45, 2.75) is 13.5 Å². The van der Waals surface area contributed by atoms with Crippen LogP contribution in [0.2, 0.25) is 0 Å². The number of hydrogen-bond donors (Lipinski definition) is 1. The maximum atomic E-state index is 5.59. The van der Waals surface area contributed by atoms with Crippen molar-refractivity contribution in [3.05, 3.63) is 16.6 Å². The minimum Gasteiger partial charge on any atom is -0.480 e. The topological polar surface area (TPSA) is 97.8 Å². The van der Waals surface area contributed by atoms with Gasteiger partial charge >= 0.3 is 6.01 Å². The first-order chi connectivity index (χ1) is 16.2. The fraction of sp³-hybridized carbons (Fsp3) is 0.545. The summed E-state index contributed by atoms with van der Waals surface area (Å²) in [5.74, 6) is 1.89. The molecule has 0 spiro atoms. The van der Waals surface area contributed by atoms with E-state index in [4.69, 9.17) is 24.2 Å². The Balaban J connectivity index is 1.62. The van der Waals surface area contributed by atoms with E-state index in [9.17, 15) is 0 Å². The predicted molar refractivity (Wildman–Crippen MR) is 127 cm³/mol. The quantitative estimate of drug-likeness (QED) is 0.572. The van der Waals surface area contributed by atoms with Crippen molar-refractivity contribution in [1.29, 1.82) is 0 Å². The molecule has 2 fully saturated rings. The van der Waals surface area contributed by atoms with Crippen LogP contribution in [0.4, 0.5) is 5.82 Å². The van der Waals surface area contributed by atoms with E-state index < -0.39 is 0 Å². The van der Waals surface area contributed by atoms with Crippen molar-refractivity contribution in [1.82, 2.24) is 30.2 Å². The standard InChI is InChI=1S/C22H29N7O3S/c1-14-16(13-28-6-4-23-5-7-28)33-18-17(14)25-19(26-20(18)29-8-10-32-11-9-29)15-12-24-22(31-3)27-21(15)30-2/h12,23H,4-11,13H2,1-3H3. The van der Waals surface area contributed by atoms with Crippen LogP contribution in [-0.2, 0) is 11.3 Å². The Morgan fingerprint density at radius 1 is 1.06 bits per heavy atom. The summed E-state index contributed by atoms with van der Waals surface area (Å²) in [7, 11) is 3.11. The molecule has 3 aromatic heterocycles. The van der Waals surface area contributed by atoms with Gasteiger partial charge in [0.2, 0.25) is 5.88 Å². The van der Waals surface area contributed by atoms with Crippen molar-refractivity contribution < 1.29 is 14.2 Å². The van der Waals surface area contributed by atoms with Crippen LogP contribution in [0.1, 0.15) is 10.4 Å². The number of aryl methyl sites for hydroxylation is 1. The van der Waals surface area contributed by atoms with Crippen molar-refractivity contribution in [3.63, 3.8) is 0 Å². The fourth-order valence-electron chi connectivity index (χ4n) is 4.21. The Hall–Kier alpha value is -2.60. The number of nitrogens with one attached hydrogen (secondary N) is 1. The van der Waals surface area contributed by atoms with Gasteiger partial charge in [-0.1, -0.05) is 0 Å². The first kappa shape index (κ1) is 22.2. The number of morpholine rings is 1. The van der Waals surface area contributed by atoms with Crippen LogP contribution in [0.3, 0.4) is 0 Å². The lowest BCUT2D eigenvalue weighted by molar-refractivity contribution is 0.122. The van der Waals surface area contributed by atoms with E-state index >= 15 is 0 Å². The minimum absolute atomic E-state index is 0.245. The van der Waals surface area contributed by atoms with Gasteiger partial charge in [-0.25, -0.2) is 15.0 Å². The average Bonchev–Trinajstić information content (AvgIpc) is 3.19. The molecule has 0 saturated carbocycles. The van der Waals surface area contributed by atoms with E-state index in [1.165, 1.54) is 17.6 Å². The van der Waals surface area contributed by atoms with Gasteiger partial charge in [-0.2, -0.15) is 4.98 Å². The van der Waals surface area contributed by atoms with Gasteiger partial charge < -0.3 is 24.4 Å². The normalized spacial score (nSPS) is 17.5. The summed E-state index contributed by atoms with van der Waals surface area (Å²) >= 11 is 1.81. The highest BCUT2D eigenvalue weighted by atomic mass is 32.1. The molecule has 10 nitrogen and oxygen atoms in total. The molecule has 176 valence electrons. The summed E-state index contributed by atoms with van der Waals surface area (Å²) in [4.78, 5) is 24.7. The number of fused-ring (bicyclic) bond motifs is 1. The van der Waals surface area contributed by atoms with Gasteiger partial charge in [0.15, 0.2) is 11.6 Å². The van der Waals surface area contributed by atoms with Gasteiger partial charge in [0.05, 0.1) is 37.6 Å². The second kappa shape index (κ2) is 9.72. The van der Waals surface area contributed by atoms with Crippen LogP contribution < -0.4 is 19.7 Å². The molecule has 1 N–H and O–H groups in total. The summed E-state index contributed by atoms with van der Waals surface area (Å²) in [6, 6.07) is 0.245. The molecule has 0 aromatic carbocycles. The number of methoxy groups -OCH3 is 2. The zero-order valence-electron chi connectivity index (χ0n) is 19.3. The first-order valence-corrected chi connectivity index (χ1v) is 12.0. The van der Waals surface area contributed by atoms with E-state index in [2.05, 4.69) is 32.0 Å². The van der Waals surface area contributed by atoms with Crippen LogP contribution in [0.5, 0.6) is 11.9 Å². The van der Waals surface area contributed by atoms with Gasteiger partial charge in [0, 0.05) is 56.9 Å². The zero-order valence-corrected chi connectivity index (χ0v) is 20.1. The highest BCUT2D eigenvalue weighted by molar-refractivity contribution is 7.19. The SMILES string of the molecule is COc1ncc(-c2nc(N3CCOCC3)c3sc(CN4CCNCC4)c(C)c3n2)c(OC)n1. The molecule has 3 aromatic rings.